The van der Waals surface area contributed by atoms with Gasteiger partial charge in [0.05, 0.1) is 23.1 Å². The zero-order valence-corrected chi connectivity index (χ0v) is 13.2. The number of aromatic nitrogens is 2. The van der Waals surface area contributed by atoms with Gasteiger partial charge in [-0.15, -0.1) is 0 Å². The normalized spacial score (nSPS) is 15.8. The van der Waals surface area contributed by atoms with Crippen LogP contribution in [-0.2, 0) is 9.53 Å². The fourth-order valence-corrected chi connectivity index (χ4v) is 2.72. The van der Waals surface area contributed by atoms with Crippen molar-refractivity contribution in [2.45, 2.75) is 13.0 Å². The van der Waals surface area contributed by atoms with Gasteiger partial charge in [-0.25, -0.2) is 9.78 Å². The standard InChI is InChI=1S/C16H13N5O4/c1-2-25-15(22)13-12(9-17)19-16-18-6-7-20(16)14(13)10-4-3-5-11(8-10)21(23)24/h3-8,14H,2H2,1H3,(H,18,19). The number of ether oxygens (including phenoxy) is 1. The number of hydrogen-bond acceptors (Lipinski definition) is 7. The predicted molar refractivity (Wildman–Crippen MR) is 86.4 cm³/mol. The first-order chi connectivity index (χ1) is 12.1. The predicted octanol–water partition coefficient (Wildman–Crippen LogP) is 2.15. The Morgan fingerprint density at radius 3 is 3.04 bits per heavy atom. The number of nitrogens with one attached hydrogen (secondary N) is 1. The first-order valence-corrected chi connectivity index (χ1v) is 7.42. The molecule has 1 N–H and O–H groups in total. The fourth-order valence-electron chi connectivity index (χ4n) is 2.72. The number of nitrogens with zero attached hydrogens (tertiary/aromatic N) is 4. The van der Waals surface area contributed by atoms with Crippen LogP contribution in [0.15, 0.2) is 47.9 Å². The summed E-state index contributed by atoms with van der Waals surface area (Å²) in [5.74, 6) is -0.302. The van der Waals surface area contributed by atoms with Crippen LogP contribution in [0.5, 0.6) is 0 Å². The minimum atomic E-state index is -0.757. The number of carbonyl (C=O) groups is 1. The maximum absolute atomic E-state index is 12.5. The van der Waals surface area contributed by atoms with Crippen LogP contribution in [0.1, 0.15) is 18.5 Å². The molecule has 0 spiro atoms. The highest BCUT2D eigenvalue weighted by atomic mass is 16.6. The van der Waals surface area contributed by atoms with Gasteiger partial charge in [0.25, 0.3) is 5.69 Å². The van der Waals surface area contributed by atoms with Gasteiger partial charge in [0, 0.05) is 24.5 Å². The summed E-state index contributed by atoms with van der Waals surface area (Å²) in [5, 5.41) is 23.3. The number of carbonyl (C=O) groups excluding carboxylic acids is 1. The van der Waals surface area contributed by atoms with Crippen LogP contribution in [0.4, 0.5) is 11.6 Å². The van der Waals surface area contributed by atoms with Gasteiger partial charge in [0.2, 0.25) is 5.95 Å². The van der Waals surface area contributed by atoms with Gasteiger partial charge in [-0.2, -0.15) is 5.26 Å². The molecule has 0 radical (unpaired) electrons. The van der Waals surface area contributed by atoms with Crippen LogP contribution in [0.25, 0.3) is 0 Å². The molecule has 1 aliphatic heterocycles. The quantitative estimate of drug-likeness (QED) is 0.514. The number of fused-ring (bicyclic) bond motifs is 1. The molecule has 1 unspecified atom stereocenters. The lowest BCUT2D eigenvalue weighted by atomic mass is 9.95. The molecular weight excluding hydrogens is 326 g/mol. The molecule has 126 valence electrons. The number of anilines is 1. The van der Waals surface area contributed by atoms with Gasteiger partial charge in [-0.3, -0.25) is 10.1 Å². The molecule has 9 nitrogen and oxygen atoms in total. The van der Waals surface area contributed by atoms with Crippen LogP contribution < -0.4 is 5.32 Å². The van der Waals surface area contributed by atoms with Gasteiger partial charge in [0.1, 0.15) is 11.8 Å². The summed E-state index contributed by atoms with van der Waals surface area (Å²) in [5.41, 5.74) is 0.453. The summed E-state index contributed by atoms with van der Waals surface area (Å²) in [6.45, 7) is 1.80. The second-order valence-corrected chi connectivity index (χ2v) is 5.16. The molecule has 1 atom stereocenters. The number of nitro groups is 1. The molecule has 0 aliphatic carbocycles. The highest BCUT2D eigenvalue weighted by Crippen LogP contribution is 2.36. The monoisotopic (exact) mass is 339 g/mol. The third-order valence-corrected chi connectivity index (χ3v) is 3.73. The molecule has 2 aromatic rings. The Bertz CT molecular complexity index is 925. The molecule has 9 heteroatoms. The second-order valence-electron chi connectivity index (χ2n) is 5.16. The molecule has 0 bridgehead atoms. The SMILES string of the molecule is CCOC(=O)C1=C(C#N)Nc2nccn2C1c1cccc([N+](=O)[O-])c1. The Morgan fingerprint density at radius 1 is 1.56 bits per heavy atom. The highest BCUT2D eigenvalue weighted by Gasteiger charge is 2.35. The summed E-state index contributed by atoms with van der Waals surface area (Å²) in [7, 11) is 0. The summed E-state index contributed by atoms with van der Waals surface area (Å²) < 4.78 is 6.71. The van der Waals surface area contributed by atoms with E-state index in [1.807, 2.05) is 6.07 Å². The van der Waals surface area contributed by atoms with E-state index in [9.17, 15) is 20.2 Å². The second kappa shape index (κ2) is 6.45. The van der Waals surface area contributed by atoms with Gasteiger partial charge in [-0.1, -0.05) is 12.1 Å². The Balaban J connectivity index is 2.21. The third-order valence-electron chi connectivity index (χ3n) is 3.73. The van der Waals surface area contributed by atoms with Gasteiger partial charge >= 0.3 is 5.97 Å². The molecule has 1 aliphatic rings. The average Bonchev–Trinajstić information content (AvgIpc) is 3.08. The first-order valence-electron chi connectivity index (χ1n) is 7.42. The van der Waals surface area contributed by atoms with Crippen molar-refractivity contribution >= 4 is 17.6 Å². The lowest BCUT2D eigenvalue weighted by Gasteiger charge is -2.28. The van der Waals surface area contributed by atoms with Gasteiger partial charge in [-0.05, 0) is 12.5 Å². The smallest absolute Gasteiger partial charge is 0.339 e. The highest BCUT2D eigenvalue weighted by molar-refractivity contribution is 5.93. The number of non-ortho nitro benzene ring substituents is 1. The molecule has 1 aromatic heterocycles. The molecule has 0 saturated heterocycles. The van der Waals surface area contributed by atoms with Crippen LogP contribution in [-0.4, -0.2) is 27.1 Å². The summed E-state index contributed by atoms with van der Waals surface area (Å²) >= 11 is 0. The van der Waals surface area contributed by atoms with E-state index >= 15 is 0 Å². The third kappa shape index (κ3) is 2.81. The molecule has 1 aromatic carbocycles. The number of nitro benzene ring substituents is 1. The first kappa shape index (κ1) is 16.2. The van der Waals surface area contributed by atoms with E-state index < -0.39 is 16.9 Å². The molecule has 0 saturated carbocycles. The zero-order chi connectivity index (χ0) is 18.0. The molecule has 0 amide bonds. The van der Waals surface area contributed by atoms with E-state index in [1.54, 1.807) is 23.8 Å². The summed E-state index contributed by atoms with van der Waals surface area (Å²) in [6.07, 6.45) is 3.13. The number of imidazole rings is 1. The Labute approximate surface area is 142 Å². The van der Waals surface area contributed by atoms with E-state index in [-0.39, 0.29) is 23.6 Å². The summed E-state index contributed by atoms with van der Waals surface area (Å²) in [6, 6.07) is 7.10. The number of rotatable bonds is 4. The number of hydrogen-bond donors (Lipinski definition) is 1. The van der Waals surface area contributed by atoms with Crippen molar-refractivity contribution in [3.63, 3.8) is 0 Å². The van der Waals surface area contributed by atoms with Gasteiger partial charge in [0.15, 0.2) is 0 Å². The molecule has 2 heterocycles. The molecular formula is C16H13N5O4. The van der Waals surface area contributed by atoms with Crippen LogP contribution in [0.3, 0.4) is 0 Å². The van der Waals surface area contributed by atoms with E-state index in [4.69, 9.17) is 4.74 Å². The van der Waals surface area contributed by atoms with Crippen molar-refractivity contribution < 1.29 is 14.5 Å². The van der Waals surface area contributed by atoms with E-state index in [0.717, 1.165) is 0 Å². The maximum atomic E-state index is 12.5. The zero-order valence-electron chi connectivity index (χ0n) is 13.2. The van der Waals surface area contributed by atoms with Crippen molar-refractivity contribution in [1.29, 1.82) is 5.26 Å². The van der Waals surface area contributed by atoms with Gasteiger partial charge < -0.3 is 14.6 Å². The minimum absolute atomic E-state index is 0.00801. The van der Waals surface area contributed by atoms with Crippen molar-refractivity contribution in [3.8, 4) is 6.07 Å². The number of nitriles is 1. The van der Waals surface area contributed by atoms with Crippen LogP contribution >= 0.6 is 0 Å². The Kier molecular flexibility index (Phi) is 4.18. The van der Waals surface area contributed by atoms with Crippen molar-refractivity contribution in [3.05, 3.63) is 63.6 Å². The van der Waals surface area contributed by atoms with E-state index in [1.165, 1.54) is 24.4 Å². The number of allylic oxidation sites excluding steroid dienone is 1. The van der Waals surface area contributed by atoms with Crippen LogP contribution in [0.2, 0.25) is 0 Å². The molecule has 3 rings (SSSR count). The molecule has 25 heavy (non-hydrogen) atoms. The minimum Gasteiger partial charge on any atom is -0.462 e. The lowest BCUT2D eigenvalue weighted by Crippen LogP contribution is -2.29. The van der Waals surface area contributed by atoms with E-state index in [2.05, 4.69) is 10.3 Å². The largest absolute Gasteiger partial charge is 0.462 e. The Hall–Kier alpha value is -3.67. The number of benzene rings is 1. The van der Waals surface area contributed by atoms with Crippen LogP contribution in [0, 0.1) is 21.4 Å². The lowest BCUT2D eigenvalue weighted by molar-refractivity contribution is -0.384. The molecule has 0 fully saturated rings. The summed E-state index contributed by atoms with van der Waals surface area (Å²) in [4.78, 5) is 27.1. The van der Waals surface area contributed by atoms with Crippen molar-refractivity contribution in [2.75, 3.05) is 11.9 Å². The topological polar surface area (TPSA) is 123 Å². The average molecular weight is 339 g/mol. The van der Waals surface area contributed by atoms with Crippen molar-refractivity contribution in [2.24, 2.45) is 0 Å². The number of esters is 1. The van der Waals surface area contributed by atoms with E-state index in [0.29, 0.717) is 11.5 Å². The Morgan fingerprint density at radius 2 is 2.36 bits per heavy atom. The maximum Gasteiger partial charge on any atom is 0.339 e. The van der Waals surface area contributed by atoms with Crippen molar-refractivity contribution in [1.82, 2.24) is 9.55 Å². The fraction of sp³-hybridized carbons (Fsp3) is 0.188.